The van der Waals surface area contributed by atoms with Crippen LogP contribution in [0.2, 0.25) is 0 Å². The van der Waals surface area contributed by atoms with Gasteiger partial charge < -0.3 is 4.42 Å². The van der Waals surface area contributed by atoms with Gasteiger partial charge >= 0.3 is 0 Å². The summed E-state index contributed by atoms with van der Waals surface area (Å²) in [7, 11) is 0. The minimum absolute atomic E-state index is 0.321. The van der Waals surface area contributed by atoms with E-state index in [0.29, 0.717) is 16.7 Å². The molecule has 0 fully saturated rings. The van der Waals surface area contributed by atoms with E-state index >= 15 is 0 Å². The van der Waals surface area contributed by atoms with Crippen LogP contribution in [0.15, 0.2) is 60.7 Å². The molecule has 1 aromatic carbocycles. The van der Waals surface area contributed by atoms with Gasteiger partial charge in [0.1, 0.15) is 6.07 Å². The molecule has 0 amide bonds. The SMILES string of the molecule is N#Cc1nc(-c2cccs2)oc1Sc1ccc(Br)cc1. The second-order valence-electron chi connectivity index (χ2n) is 3.80. The number of benzene rings is 1. The Labute approximate surface area is 132 Å². The zero-order valence-corrected chi connectivity index (χ0v) is 13.3. The van der Waals surface area contributed by atoms with Gasteiger partial charge in [0.05, 0.1) is 4.88 Å². The Kier molecular flexibility index (Phi) is 3.92. The smallest absolute Gasteiger partial charge is 0.238 e. The van der Waals surface area contributed by atoms with Crippen molar-refractivity contribution in [3.63, 3.8) is 0 Å². The lowest BCUT2D eigenvalue weighted by molar-refractivity contribution is 0.484. The van der Waals surface area contributed by atoms with E-state index in [9.17, 15) is 0 Å². The molecule has 0 N–H and O–H groups in total. The Balaban J connectivity index is 1.93. The van der Waals surface area contributed by atoms with Gasteiger partial charge in [0.15, 0.2) is 5.69 Å². The predicted molar refractivity (Wildman–Crippen MR) is 82.8 cm³/mol. The van der Waals surface area contributed by atoms with Crippen molar-refractivity contribution in [3.05, 3.63) is 51.9 Å². The van der Waals surface area contributed by atoms with Crippen molar-refractivity contribution in [2.45, 2.75) is 9.99 Å². The first-order valence-corrected chi connectivity index (χ1v) is 8.13. The summed E-state index contributed by atoms with van der Waals surface area (Å²) in [6, 6.07) is 13.8. The van der Waals surface area contributed by atoms with E-state index in [1.54, 1.807) is 0 Å². The normalized spacial score (nSPS) is 10.4. The van der Waals surface area contributed by atoms with Gasteiger partial charge in [0, 0.05) is 9.37 Å². The van der Waals surface area contributed by atoms with E-state index in [-0.39, 0.29) is 0 Å². The van der Waals surface area contributed by atoms with E-state index < -0.39 is 0 Å². The minimum atomic E-state index is 0.321. The molecule has 3 rings (SSSR count). The summed E-state index contributed by atoms with van der Waals surface area (Å²) < 4.78 is 6.73. The lowest BCUT2D eigenvalue weighted by Crippen LogP contribution is -1.77. The van der Waals surface area contributed by atoms with Crippen LogP contribution in [0.3, 0.4) is 0 Å². The maximum atomic E-state index is 9.16. The fraction of sp³-hybridized carbons (Fsp3) is 0. The van der Waals surface area contributed by atoms with Gasteiger partial charge in [0.2, 0.25) is 11.0 Å². The summed E-state index contributed by atoms with van der Waals surface area (Å²) in [6.07, 6.45) is 0. The van der Waals surface area contributed by atoms with Crippen molar-refractivity contribution >= 4 is 39.0 Å². The number of thiophene rings is 1. The first-order valence-electron chi connectivity index (χ1n) is 5.64. The van der Waals surface area contributed by atoms with Crippen molar-refractivity contribution in [1.82, 2.24) is 4.98 Å². The fourth-order valence-corrected chi connectivity index (χ4v) is 3.27. The monoisotopic (exact) mass is 362 g/mol. The molecule has 3 nitrogen and oxygen atoms in total. The molecular formula is C14H7BrN2OS2. The lowest BCUT2D eigenvalue weighted by atomic mass is 10.4. The van der Waals surface area contributed by atoms with Crippen LogP contribution in [0.4, 0.5) is 0 Å². The minimum Gasteiger partial charge on any atom is -0.427 e. The molecular weight excluding hydrogens is 356 g/mol. The number of aromatic nitrogens is 1. The Bertz CT molecular complexity index is 758. The highest BCUT2D eigenvalue weighted by atomic mass is 79.9. The highest BCUT2D eigenvalue weighted by Crippen LogP contribution is 2.35. The van der Waals surface area contributed by atoms with Gasteiger partial charge in [-0.1, -0.05) is 22.0 Å². The Morgan fingerprint density at radius 1 is 1.25 bits per heavy atom. The Morgan fingerprint density at radius 2 is 2.05 bits per heavy atom. The number of nitriles is 1. The fourth-order valence-electron chi connectivity index (χ4n) is 1.56. The van der Waals surface area contributed by atoms with Crippen LogP contribution >= 0.6 is 39.0 Å². The first-order chi connectivity index (χ1) is 9.76. The zero-order chi connectivity index (χ0) is 13.9. The zero-order valence-electron chi connectivity index (χ0n) is 10.0. The molecule has 0 unspecified atom stereocenters. The number of halogens is 1. The van der Waals surface area contributed by atoms with Crippen LogP contribution in [0.25, 0.3) is 10.8 Å². The number of oxazole rings is 1. The standard InChI is InChI=1S/C14H7BrN2OS2/c15-9-3-5-10(6-4-9)20-14-11(8-16)17-13(18-14)12-2-1-7-19-12/h1-7H. The van der Waals surface area contributed by atoms with Gasteiger partial charge in [-0.15, -0.1) is 11.3 Å². The van der Waals surface area contributed by atoms with E-state index in [0.717, 1.165) is 14.2 Å². The molecule has 6 heteroatoms. The highest BCUT2D eigenvalue weighted by molar-refractivity contribution is 9.10. The molecule has 2 heterocycles. The molecule has 0 aliphatic heterocycles. The van der Waals surface area contributed by atoms with Crippen LogP contribution in [0.5, 0.6) is 0 Å². The molecule has 0 aliphatic carbocycles. The molecule has 0 aliphatic rings. The number of hydrogen-bond acceptors (Lipinski definition) is 5. The number of nitrogens with zero attached hydrogens (tertiary/aromatic N) is 2. The second-order valence-corrected chi connectivity index (χ2v) is 6.71. The largest absolute Gasteiger partial charge is 0.427 e. The topological polar surface area (TPSA) is 49.8 Å². The van der Waals surface area contributed by atoms with Crippen molar-refractivity contribution in [2.24, 2.45) is 0 Å². The van der Waals surface area contributed by atoms with Gasteiger partial charge in [-0.2, -0.15) is 10.2 Å². The van der Waals surface area contributed by atoms with Crippen LogP contribution in [0, 0.1) is 11.3 Å². The van der Waals surface area contributed by atoms with Gasteiger partial charge in [-0.3, -0.25) is 0 Å². The van der Waals surface area contributed by atoms with Gasteiger partial charge in [-0.05, 0) is 47.5 Å². The van der Waals surface area contributed by atoms with Crippen LogP contribution in [-0.2, 0) is 0 Å². The summed E-state index contributed by atoms with van der Waals surface area (Å²) in [5, 5.41) is 11.6. The van der Waals surface area contributed by atoms with Gasteiger partial charge in [0.25, 0.3) is 0 Å². The predicted octanol–water partition coefficient (Wildman–Crippen LogP) is 5.19. The van der Waals surface area contributed by atoms with E-state index in [1.165, 1.54) is 23.1 Å². The van der Waals surface area contributed by atoms with Crippen LogP contribution in [-0.4, -0.2) is 4.98 Å². The first kappa shape index (κ1) is 13.4. The second kappa shape index (κ2) is 5.83. The van der Waals surface area contributed by atoms with Crippen molar-refractivity contribution < 1.29 is 4.42 Å². The van der Waals surface area contributed by atoms with E-state index in [1.807, 2.05) is 41.8 Å². The molecule has 0 saturated heterocycles. The molecule has 20 heavy (non-hydrogen) atoms. The average molecular weight is 363 g/mol. The third-order valence-corrected chi connectivity index (χ3v) is 4.81. The Morgan fingerprint density at radius 3 is 2.70 bits per heavy atom. The Hall–Kier alpha value is -1.55. The van der Waals surface area contributed by atoms with Crippen molar-refractivity contribution in [2.75, 3.05) is 0 Å². The number of rotatable bonds is 3. The lowest BCUT2D eigenvalue weighted by Gasteiger charge is -1.97. The third kappa shape index (κ3) is 2.80. The van der Waals surface area contributed by atoms with Gasteiger partial charge in [-0.25, -0.2) is 0 Å². The molecule has 0 saturated carbocycles. The maximum Gasteiger partial charge on any atom is 0.238 e. The molecule has 2 aromatic heterocycles. The van der Waals surface area contributed by atoms with E-state index in [4.69, 9.17) is 9.68 Å². The molecule has 0 bridgehead atoms. The third-order valence-electron chi connectivity index (χ3n) is 2.46. The summed E-state index contributed by atoms with van der Waals surface area (Å²) in [5.41, 5.74) is 0.321. The van der Waals surface area contributed by atoms with Crippen LogP contribution < -0.4 is 0 Å². The molecule has 0 radical (unpaired) electrons. The molecule has 3 aromatic rings. The highest BCUT2D eigenvalue weighted by Gasteiger charge is 2.16. The molecule has 0 spiro atoms. The van der Waals surface area contributed by atoms with E-state index in [2.05, 4.69) is 27.0 Å². The number of hydrogen-bond donors (Lipinski definition) is 0. The summed E-state index contributed by atoms with van der Waals surface area (Å²) in [5.74, 6) is 0.496. The maximum absolute atomic E-state index is 9.16. The van der Waals surface area contributed by atoms with Crippen molar-refractivity contribution in [3.8, 4) is 16.8 Å². The summed E-state index contributed by atoms with van der Waals surface area (Å²) in [4.78, 5) is 6.16. The average Bonchev–Trinajstić information content (AvgIpc) is 3.10. The summed E-state index contributed by atoms with van der Waals surface area (Å²) in [6.45, 7) is 0. The van der Waals surface area contributed by atoms with Crippen LogP contribution in [0.1, 0.15) is 5.69 Å². The van der Waals surface area contributed by atoms with Crippen molar-refractivity contribution in [1.29, 1.82) is 5.26 Å². The molecule has 0 atom stereocenters. The quantitative estimate of drug-likeness (QED) is 0.643. The molecule has 98 valence electrons. The summed E-state index contributed by atoms with van der Waals surface area (Å²) >= 11 is 6.33.